The molecule has 0 fully saturated rings. The number of hydrazine groups is 1. The molecule has 0 spiro atoms. The van der Waals surface area contributed by atoms with E-state index in [0.29, 0.717) is 15.6 Å². The molecule has 0 atom stereocenters. The van der Waals surface area contributed by atoms with Crippen molar-refractivity contribution in [1.29, 1.82) is 0 Å². The van der Waals surface area contributed by atoms with E-state index >= 15 is 0 Å². The Morgan fingerprint density at radius 1 is 1.15 bits per heavy atom. The molecule has 2 aromatic rings. The minimum Gasteiger partial charge on any atom is -0.464 e. The molecular weight excluding hydrogens is 383 g/mol. The van der Waals surface area contributed by atoms with Gasteiger partial charge in [-0.2, -0.15) is 0 Å². The van der Waals surface area contributed by atoms with Crippen molar-refractivity contribution in [2.24, 2.45) is 16.7 Å². The van der Waals surface area contributed by atoms with Crippen LogP contribution in [0.15, 0.2) is 47.6 Å². The van der Waals surface area contributed by atoms with Gasteiger partial charge in [0.05, 0.1) is 17.1 Å². The molecule has 0 aromatic heterocycles. The van der Waals surface area contributed by atoms with E-state index in [4.69, 9.17) is 44.7 Å². The highest BCUT2D eigenvalue weighted by Crippen LogP contribution is 2.25. The zero-order valence-corrected chi connectivity index (χ0v) is 14.7. The smallest absolute Gasteiger partial charge is 0.426 e. The molecule has 0 unspecified atom stereocenters. The largest absolute Gasteiger partial charge is 0.464 e. The van der Waals surface area contributed by atoms with Gasteiger partial charge < -0.3 is 15.7 Å². The Morgan fingerprint density at radius 3 is 2.50 bits per heavy atom. The molecule has 8 nitrogen and oxygen atoms in total. The predicted molar refractivity (Wildman–Crippen MR) is 98.1 cm³/mol. The lowest BCUT2D eigenvalue weighted by atomic mass is 10.1. The topological polar surface area (TPSA) is 131 Å². The van der Waals surface area contributed by atoms with Crippen molar-refractivity contribution in [3.63, 3.8) is 0 Å². The summed E-state index contributed by atoms with van der Waals surface area (Å²) in [5.74, 6) is 4.58. The number of amides is 1. The Labute approximate surface area is 158 Å². The lowest BCUT2D eigenvalue weighted by Crippen LogP contribution is -2.36. The van der Waals surface area contributed by atoms with E-state index in [-0.39, 0.29) is 28.5 Å². The molecule has 0 aliphatic carbocycles. The molecule has 2 aromatic carbocycles. The van der Waals surface area contributed by atoms with Gasteiger partial charge in [0.1, 0.15) is 0 Å². The number of rotatable bonds is 5. The van der Waals surface area contributed by atoms with Crippen molar-refractivity contribution in [2.75, 3.05) is 5.01 Å². The second-order valence-corrected chi connectivity index (χ2v) is 5.84. The van der Waals surface area contributed by atoms with Crippen LogP contribution in [-0.2, 0) is 16.1 Å². The van der Waals surface area contributed by atoms with Gasteiger partial charge in [-0.1, -0.05) is 46.6 Å². The molecule has 0 aliphatic heterocycles. The number of hydrogen-bond acceptors (Lipinski definition) is 5. The van der Waals surface area contributed by atoms with Gasteiger partial charge in [-0.3, -0.25) is 0 Å². The number of oxime groups is 1. The van der Waals surface area contributed by atoms with Crippen molar-refractivity contribution >= 4 is 46.8 Å². The minimum atomic E-state index is -1.41. The number of amidine groups is 1. The fourth-order valence-electron chi connectivity index (χ4n) is 1.94. The number of carboxylic acid groups (broad SMARTS) is 1. The van der Waals surface area contributed by atoms with Crippen LogP contribution in [-0.4, -0.2) is 23.0 Å². The van der Waals surface area contributed by atoms with E-state index in [1.165, 1.54) is 18.2 Å². The van der Waals surface area contributed by atoms with E-state index < -0.39 is 12.1 Å². The highest BCUT2D eigenvalue weighted by molar-refractivity contribution is 6.34. The van der Waals surface area contributed by atoms with Crippen LogP contribution in [0.4, 0.5) is 10.5 Å². The summed E-state index contributed by atoms with van der Waals surface area (Å²) in [6.07, 6.45) is -1.50. The standard InChI is InChI=1S/C16H14Cl2N4O4/c17-11-4-2-1-3-9(11)8-14(23)26-21-15(19)10-5-6-12(18)13(7-10)22(20)16(24)25/h1-7H,8,20H2,(H2,19,21)(H,24,25). The quantitative estimate of drug-likeness (QED) is 0.178. The molecular formula is C16H14Cl2N4O4. The molecule has 2 rings (SSSR count). The summed E-state index contributed by atoms with van der Waals surface area (Å²) < 4.78 is 0. The van der Waals surface area contributed by atoms with Gasteiger partial charge >= 0.3 is 12.1 Å². The first kappa shape index (κ1) is 19.5. The maximum Gasteiger partial charge on any atom is 0.426 e. The summed E-state index contributed by atoms with van der Waals surface area (Å²) in [5.41, 5.74) is 6.61. The summed E-state index contributed by atoms with van der Waals surface area (Å²) >= 11 is 11.9. The number of halogens is 2. The molecule has 136 valence electrons. The zero-order chi connectivity index (χ0) is 19.3. The normalized spacial score (nSPS) is 11.1. The van der Waals surface area contributed by atoms with Gasteiger partial charge in [-0.15, -0.1) is 0 Å². The van der Waals surface area contributed by atoms with Crippen molar-refractivity contribution in [2.45, 2.75) is 6.42 Å². The third-order valence-corrected chi connectivity index (χ3v) is 3.93. The molecule has 0 saturated heterocycles. The summed E-state index contributed by atoms with van der Waals surface area (Å²) in [4.78, 5) is 27.6. The van der Waals surface area contributed by atoms with Gasteiger partial charge in [-0.05, 0) is 29.8 Å². The Hall–Kier alpha value is -2.81. The van der Waals surface area contributed by atoms with Gasteiger partial charge in [0.25, 0.3) is 0 Å². The monoisotopic (exact) mass is 396 g/mol. The fraction of sp³-hybridized carbons (Fsp3) is 0.0625. The average Bonchev–Trinajstić information content (AvgIpc) is 2.61. The van der Waals surface area contributed by atoms with Gasteiger partial charge in [0.2, 0.25) is 0 Å². The van der Waals surface area contributed by atoms with Crippen LogP contribution in [0, 0.1) is 0 Å². The number of carbonyl (C=O) groups is 2. The summed E-state index contributed by atoms with van der Waals surface area (Å²) in [6, 6.07) is 11.0. The first-order chi connectivity index (χ1) is 12.3. The van der Waals surface area contributed by atoms with E-state index in [0.717, 1.165) is 0 Å². The van der Waals surface area contributed by atoms with Crippen molar-refractivity contribution < 1.29 is 19.5 Å². The van der Waals surface area contributed by atoms with E-state index in [1.807, 2.05) is 0 Å². The molecule has 26 heavy (non-hydrogen) atoms. The highest BCUT2D eigenvalue weighted by Gasteiger charge is 2.15. The number of benzene rings is 2. The van der Waals surface area contributed by atoms with Crippen LogP contribution in [0.25, 0.3) is 0 Å². The molecule has 1 amide bonds. The maximum atomic E-state index is 11.8. The Morgan fingerprint density at radius 2 is 1.85 bits per heavy atom. The van der Waals surface area contributed by atoms with Crippen LogP contribution in [0.5, 0.6) is 0 Å². The maximum absolute atomic E-state index is 11.8. The van der Waals surface area contributed by atoms with Crippen LogP contribution < -0.4 is 16.6 Å². The third-order valence-electron chi connectivity index (χ3n) is 3.25. The predicted octanol–water partition coefficient (Wildman–Crippen LogP) is 2.76. The van der Waals surface area contributed by atoms with Crippen LogP contribution in [0.2, 0.25) is 10.0 Å². The van der Waals surface area contributed by atoms with Gasteiger partial charge in [-0.25, -0.2) is 20.4 Å². The third kappa shape index (κ3) is 4.85. The lowest BCUT2D eigenvalue weighted by Gasteiger charge is -2.15. The van der Waals surface area contributed by atoms with E-state index in [2.05, 4.69) is 5.16 Å². The Balaban J connectivity index is 2.12. The van der Waals surface area contributed by atoms with Crippen LogP contribution >= 0.6 is 23.2 Å². The number of anilines is 1. The number of carbonyl (C=O) groups excluding carboxylic acids is 1. The van der Waals surface area contributed by atoms with Gasteiger partial charge in [0, 0.05) is 10.6 Å². The first-order valence-corrected chi connectivity index (χ1v) is 7.89. The molecule has 0 heterocycles. The molecule has 0 saturated carbocycles. The number of nitrogens with zero attached hydrogens (tertiary/aromatic N) is 2. The van der Waals surface area contributed by atoms with Crippen molar-refractivity contribution in [3.8, 4) is 0 Å². The summed E-state index contributed by atoms with van der Waals surface area (Å²) in [6.45, 7) is 0. The van der Waals surface area contributed by atoms with Crippen molar-refractivity contribution in [3.05, 3.63) is 63.6 Å². The van der Waals surface area contributed by atoms with Crippen molar-refractivity contribution in [1.82, 2.24) is 0 Å². The van der Waals surface area contributed by atoms with E-state index in [1.54, 1.807) is 24.3 Å². The van der Waals surface area contributed by atoms with Gasteiger partial charge in [0.15, 0.2) is 5.84 Å². The van der Waals surface area contributed by atoms with Crippen LogP contribution in [0.3, 0.4) is 0 Å². The number of nitrogens with two attached hydrogens (primary N) is 2. The fourth-order valence-corrected chi connectivity index (χ4v) is 2.35. The van der Waals surface area contributed by atoms with E-state index in [9.17, 15) is 9.59 Å². The highest BCUT2D eigenvalue weighted by atomic mass is 35.5. The first-order valence-electron chi connectivity index (χ1n) is 7.14. The second-order valence-electron chi connectivity index (χ2n) is 5.03. The Kier molecular flexibility index (Phi) is 6.40. The minimum absolute atomic E-state index is 0.00258. The second kappa shape index (κ2) is 8.52. The molecule has 0 bridgehead atoms. The molecule has 10 heteroatoms. The lowest BCUT2D eigenvalue weighted by molar-refractivity contribution is -0.142. The average molecular weight is 397 g/mol. The Bertz CT molecular complexity index is 873. The zero-order valence-electron chi connectivity index (χ0n) is 13.2. The molecule has 0 radical (unpaired) electrons. The van der Waals surface area contributed by atoms with Crippen LogP contribution in [0.1, 0.15) is 11.1 Å². The summed E-state index contributed by atoms with van der Waals surface area (Å²) in [5, 5.41) is 13.4. The summed E-state index contributed by atoms with van der Waals surface area (Å²) in [7, 11) is 0. The molecule has 0 aliphatic rings. The SMILES string of the molecule is N/C(=N\OC(=O)Cc1ccccc1Cl)c1ccc(Cl)c(N(N)C(=O)O)c1. The number of hydrogen-bond donors (Lipinski definition) is 3. The molecule has 5 N–H and O–H groups in total.